The van der Waals surface area contributed by atoms with Crippen LogP contribution >= 0.6 is 0 Å². The lowest BCUT2D eigenvalue weighted by molar-refractivity contribution is -0.134. The molecule has 0 radical (unpaired) electrons. The second-order valence-corrected chi connectivity index (χ2v) is 8.93. The molecular weight excluding hydrogens is 286 g/mol. The molecule has 3 nitrogen and oxygen atoms in total. The van der Waals surface area contributed by atoms with Gasteiger partial charge in [-0.1, -0.05) is 26.0 Å². The quantitative estimate of drug-likeness (QED) is 0.688. The van der Waals surface area contributed by atoms with Crippen molar-refractivity contribution < 1.29 is 9.59 Å². The lowest BCUT2D eigenvalue weighted by atomic mass is 9.44. The molecule has 0 saturated heterocycles. The van der Waals surface area contributed by atoms with Crippen LogP contribution in [0.25, 0.3) is 0 Å². The van der Waals surface area contributed by atoms with Gasteiger partial charge < -0.3 is 5.41 Å². The Balaban J connectivity index is 1.74. The van der Waals surface area contributed by atoms with Gasteiger partial charge in [-0.3, -0.25) is 9.59 Å². The number of allylic oxidation sites excluding steroid dienone is 1. The number of carbonyl (C=O) groups excluding carboxylic acids is 2. The molecule has 0 aromatic heterocycles. The van der Waals surface area contributed by atoms with Gasteiger partial charge in [0.15, 0.2) is 5.78 Å². The SMILES string of the molecule is C=C1C[C@@H]2[C@@H](CC[C@]3(C)C(=O)CC[C@@H]23)[C@@]2(C)CCC(=O)C(=N)C12. The van der Waals surface area contributed by atoms with Crippen molar-refractivity contribution in [3.63, 3.8) is 0 Å². The van der Waals surface area contributed by atoms with Crippen LogP contribution in [0.1, 0.15) is 58.8 Å². The van der Waals surface area contributed by atoms with Crippen molar-refractivity contribution in [3.8, 4) is 0 Å². The number of rotatable bonds is 0. The molecule has 4 fully saturated rings. The summed E-state index contributed by atoms with van der Waals surface area (Å²) in [6, 6.07) is 0. The minimum Gasteiger partial charge on any atom is -0.301 e. The highest BCUT2D eigenvalue weighted by molar-refractivity contribution is 6.40. The summed E-state index contributed by atoms with van der Waals surface area (Å²) in [7, 11) is 0. The molecule has 0 heterocycles. The number of hydrogen-bond acceptors (Lipinski definition) is 3. The molecule has 3 heteroatoms. The lowest BCUT2D eigenvalue weighted by Crippen LogP contribution is -2.56. The normalized spacial score (nSPS) is 49.7. The standard InChI is InChI=1S/C20H27NO2/c1-11-10-12-13-4-5-16(23)19(13,2)8-6-14(12)20(3)9-7-15(22)18(21)17(11)20/h12-14,17,21H,1,4-10H2,2-3H3/t12-,13-,14+,17?,19-,20+/m0/s1. The van der Waals surface area contributed by atoms with E-state index in [0.717, 1.165) is 44.1 Å². The van der Waals surface area contributed by atoms with E-state index in [-0.39, 0.29) is 22.5 Å². The minimum atomic E-state index is -0.122. The van der Waals surface area contributed by atoms with Gasteiger partial charge in [0.05, 0.1) is 5.71 Å². The Bertz CT molecular complexity index is 636. The van der Waals surface area contributed by atoms with Crippen LogP contribution in [0.3, 0.4) is 0 Å². The lowest BCUT2D eigenvalue weighted by Gasteiger charge is -2.59. The summed E-state index contributed by atoms with van der Waals surface area (Å²) in [6.07, 6.45) is 6.15. The first-order valence-corrected chi connectivity index (χ1v) is 9.11. The average Bonchev–Trinajstić information content (AvgIpc) is 2.79. The highest BCUT2D eigenvalue weighted by Crippen LogP contribution is 2.65. The Morgan fingerprint density at radius 2 is 1.83 bits per heavy atom. The van der Waals surface area contributed by atoms with E-state index in [1.807, 2.05) is 0 Å². The Morgan fingerprint density at radius 3 is 2.57 bits per heavy atom. The highest BCUT2D eigenvalue weighted by Gasteiger charge is 2.61. The molecule has 4 aliphatic rings. The van der Waals surface area contributed by atoms with E-state index in [0.29, 0.717) is 35.7 Å². The van der Waals surface area contributed by atoms with Crippen LogP contribution in [0.4, 0.5) is 0 Å². The third kappa shape index (κ3) is 1.79. The van der Waals surface area contributed by atoms with E-state index in [1.54, 1.807) is 0 Å². The number of ketones is 2. The summed E-state index contributed by atoms with van der Waals surface area (Å²) in [4.78, 5) is 24.5. The van der Waals surface area contributed by atoms with Crippen molar-refractivity contribution in [1.29, 1.82) is 5.41 Å². The van der Waals surface area contributed by atoms with Crippen LogP contribution in [0.5, 0.6) is 0 Å². The summed E-state index contributed by atoms with van der Waals surface area (Å²) in [6.45, 7) is 8.78. The fourth-order valence-electron chi connectivity index (χ4n) is 6.81. The fraction of sp³-hybridized carbons (Fsp3) is 0.750. The molecule has 4 rings (SSSR count). The van der Waals surface area contributed by atoms with E-state index in [4.69, 9.17) is 5.41 Å². The van der Waals surface area contributed by atoms with Gasteiger partial charge in [-0.15, -0.1) is 0 Å². The first-order valence-electron chi connectivity index (χ1n) is 9.11. The monoisotopic (exact) mass is 313 g/mol. The number of nitrogens with one attached hydrogen (secondary N) is 1. The maximum Gasteiger partial charge on any atom is 0.176 e. The molecule has 4 saturated carbocycles. The molecule has 0 bridgehead atoms. The zero-order chi connectivity index (χ0) is 16.6. The summed E-state index contributed by atoms with van der Waals surface area (Å²) in [5, 5.41) is 8.33. The van der Waals surface area contributed by atoms with E-state index in [1.165, 1.54) is 0 Å². The smallest absolute Gasteiger partial charge is 0.176 e. The molecule has 23 heavy (non-hydrogen) atoms. The van der Waals surface area contributed by atoms with Gasteiger partial charge in [0.2, 0.25) is 0 Å². The summed E-state index contributed by atoms with van der Waals surface area (Å²) in [5.74, 6) is 1.97. The van der Waals surface area contributed by atoms with Gasteiger partial charge in [0.25, 0.3) is 0 Å². The van der Waals surface area contributed by atoms with Gasteiger partial charge in [0, 0.05) is 24.2 Å². The van der Waals surface area contributed by atoms with Crippen molar-refractivity contribution >= 4 is 17.3 Å². The van der Waals surface area contributed by atoms with E-state index in [2.05, 4.69) is 20.4 Å². The van der Waals surface area contributed by atoms with Crippen molar-refractivity contribution in [2.45, 2.75) is 58.8 Å². The van der Waals surface area contributed by atoms with Gasteiger partial charge >= 0.3 is 0 Å². The summed E-state index contributed by atoms with van der Waals surface area (Å²) >= 11 is 0. The Hall–Kier alpha value is -1.25. The summed E-state index contributed by atoms with van der Waals surface area (Å²) < 4.78 is 0. The maximum absolute atomic E-state index is 12.4. The molecule has 0 aliphatic heterocycles. The molecule has 1 N–H and O–H groups in total. The molecular formula is C20H27NO2. The van der Waals surface area contributed by atoms with Crippen LogP contribution in [0.15, 0.2) is 12.2 Å². The van der Waals surface area contributed by atoms with Crippen LogP contribution < -0.4 is 0 Å². The molecule has 1 unspecified atom stereocenters. The van der Waals surface area contributed by atoms with Crippen LogP contribution in [-0.4, -0.2) is 17.3 Å². The largest absolute Gasteiger partial charge is 0.301 e. The van der Waals surface area contributed by atoms with Gasteiger partial charge in [-0.25, -0.2) is 0 Å². The van der Waals surface area contributed by atoms with Gasteiger partial charge in [0.1, 0.15) is 5.78 Å². The van der Waals surface area contributed by atoms with Crippen molar-refractivity contribution in [2.24, 2.45) is 34.5 Å². The van der Waals surface area contributed by atoms with Gasteiger partial charge in [-0.2, -0.15) is 0 Å². The fourth-order valence-corrected chi connectivity index (χ4v) is 6.81. The summed E-state index contributed by atoms with van der Waals surface area (Å²) in [5.41, 5.74) is 1.26. The zero-order valence-electron chi connectivity index (χ0n) is 14.3. The molecule has 6 atom stereocenters. The van der Waals surface area contributed by atoms with E-state index < -0.39 is 0 Å². The second kappa shape index (κ2) is 4.64. The molecule has 0 spiro atoms. The first kappa shape index (κ1) is 15.3. The maximum atomic E-state index is 12.4. The minimum absolute atomic E-state index is 0.00202. The zero-order valence-corrected chi connectivity index (χ0v) is 14.3. The Morgan fingerprint density at radius 1 is 1.09 bits per heavy atom. The predicted molar refractivity (Wildman–Crippen MR) is 89.4 cm³/mol. The van der Waals surface area contributed by atoms with Crippen LogP contribution in [-0.2, 0) is 9.59 Å². The predicted octanol–water partition coefficient (Wildman–Crippen LogP) is 3.96. The Kier molecular flexibility index (Phi) is 3.09. The van der Waals surface area contributed by atoms with Crippen molar-refractivity contribution in [2.75, 3.05) is 0 Å². The number of carbonyl (C=O) groups is 2. The molecule has 0 aromatic carbocycles. The Labute approximate surface area is 138 Å². The second-order valence-electron chi connectivity index (χ2n) is 8.93. The average molecular weight is 313 g/mol. The molecule has 0 aromatic rings. The molecule has 0 amide bonds. The molecule has 4 aliphatic carbocycles. The third-order valence-electron chi connectivity index (χ3n) is 8.04. The first-order chi connectivity index (χ1) is 10.8. The third-order valence-corrected chi connectivity index (χ3v) is 8.04. The van der Waals surface area contributed by atoms with Crippen LogP contribution in [0.2, 0.25) is 0 Å². The van der Waals surface area contributed by atoms with Crippen molar-refractivity contribution in [1.82, 2.24) is 0 Å². The number of hydrogen-bond donors (Lipinski definition) is 1. The van der Waals surface area contributed by atoms with E-state index >= 15 is 0 Å². The van der Waals surface area contributed by atoms with Gasteiger partial charge in [-0.05, 0) is 55.3 Å². The van der Waals surface area contributed by atoms with Crippen LogP contribution in [0, 0.1) is 39.9 Å². The topological polar surface area (TPSA) is 58.0 Å². The highest BCUT2D eigenvalue weighted by atomic mass is 16.1. The molecule has 124 valence electrons. The number of Topliss-reactive ketones (excluding diaryl/α,β-unsaturated/α-hetero) is 2. The van der Waals surface area contributed by atoms with Crippen molar-refractivity contribution in [3.05, 3.63) is 12.2 Å². The number of fused-ring (bicyclic) bond motifs is 5. The van der Waals surface area contributed by atoms with E-state index in [9.17, 15) is 9.59 Å².